The topological polar surface area (TPSA) is 124 Å². The molecule has 2 heterocycles. The fourth-order valence-electron chi connectivity index (χ4n) is 2.50. The highest BCUT2D eigenvalue weighted by Crippen LogP contribution is 2.32. The van der Waals surface area contributed by atoms with Crippen molar-refractivity contribution in [2.45, 2.75) is 13.0 Å². The summed E-state index contributed by atoms with van der Waals surface area (Å²) in [5.41, 5.74) is -0.145. The Bertz CT molecular complexity index is 1130. The van der Waals surface area contributed by atoms with Crippen molar-refractivity contribution in [2.24, 2.45) is 4.99 Å². The summed E-state index contributed by atoms with van der Waals surface area (Å²) in [5, 5.41) is 22.0. The van der Waals surface area contributed by atoms with Gasteiger partial charge < -0.3 is 9.84 Å². The number of nitro benzene ring substituents is 1. The van der Waals surface area contributed by atoms with Gasteiger partial charge in [-0.3, -0.25) is 24.3 Å². The van der Waals surface area contributed by atoms with E-state index in [9.17, 15) is 24.8 Å². The van der Waals surface area contributed by atoms with Crippen LogP contribution >= 0.6 is 23.6 Å². The van der Waals surface area contributed by atoms with E-state index in [0.29, 0.717) is 0 Å². The Balaban J connectivity index is 2.16. The van der Waals surface area contributed by atoms with E-state index in [4.69, 9.17) is 12.2 Å². The van der Waals surface area contributed by atoms with E-state index in [0.717, 1.165) is 11.3 Å². The van der Waals surface area contributed by atoms with Crippen LogP contribution in [-0.2, 0) is 20.9 Å². The lowest BCUT2D eigenvalue weighted by Gasteiger charge is -2.04. The molecule has 26 heavy (non-hydrogen) atoms. The molecule has 0 atom stereocenters. The second-order valence-electron chi connectivity index (χ2n) is 5.25. The molecule has 11 heteroatoms. The van der Waals surface area contributed by atoms with Gasteiger partial charge in [-0.25, -0.2) is 4.99 Å². The summed E-state index contributed by atoms with van der Waals surface area (Å²) in [6.07, 6.45) is -0.00967. The minimum absolute atomic E-state index is 0.00967. The maximum atomic E-state index is 12.3. The van der Waals surface area contributed by atoms with Gasteiger partial charge in [0.05, 0.1) is 29.4 Å². The average Bonchev–Trinajstić information content (AvgIpc) is 3.07. The van der Waals surface area contributed by atoms with Crippen molar-refractivity contribution in [3.8, 4) is 5.88 Å². The minimum atomic E-state index is -0.618. The molecule has 134 valence electrons. The summed E-state index contributed by atoms with van der Waals surface area (Å²) in [4.78, 5) is 38.0. The van der Waals surface area contributed by atoms with Gasteiger partial charge in [-0.15, -0.1) is 11.3 Å². The molecule has 0 saturated carbocycles. The molecule has 0 saturated heterocycles. The van der Waals surface area contributed by atoms with Gasteiger partial charge in [-0.05, 0) is 18.3 Å². The number of esters is 1. The lowest BCUT2D eigenvalue weighted by molar-refractivity contribution is -0.385. The summed E-state index contributed by atoms with van der Waals surface area (Å²) >= 11 is 6.16. The van der Waals surface area contributed by atoms with Crippen LogP contribution in [0.1, 0.15) is 11.3 Å². The predicted molar refractivity (Wildman–Crippen MR) is 92.8 cm³/mol. The van der Waals surface area contributed by atoms with Gasteiger partial charge in [-0.2, -0.15) is 0 Å². The van der Waals surface area contributed by atoms with Crippen molar-refractivity contribution in [1.82, 2.24) is 4.57 Å². The SMILES string of the molecule is COC(=O)CCn1c(O)c(C2=c3cc([N+](=O)[O-])ccc3=NC2=O)sc1=S. The van der Waals surface area contributed by atoms with Crippen molar-refractivity contribution in [2.75, 3.05) is 7.11 Å². The van der Waals surface area contributed by atoms with Crippen molar-refractivity contribution in [1.29, 1.82) is 0 Å². The van der Waals surface area contributed by atoms with Crippen LogP contribution in [0.15, 0.2) is 23.2 Å². The fourth-order valence-corrected chi connectivity index (χ4v) is 3.89. The zero-order valence-corrected chi connectivity index (χ0v) is 14.9. The van der Waals surface area contributed by atoms with Gasteiger partial charge in [0.1, 0.15) is 4.88 Å². The Morgan fingerprint density at radius 1 is 1.50 bits per heavy atom. The molecule has 0 spiro atoms. The minimum Gasteiger partial charge on any atom is -0.493 e. The second kappa shape index (κ2) is 6.77. The molecule has 0 fully saturated rings. The first-order valence-corrected chi connectivity index (χ1v) is 8.47. The van der Waals surface area contributed by atoms with Crippen LogP contribution in [0.2, 0.25) is 0 Å². The van der Waals surface area contributed by atoms with Crippen molar-refractivity contribution in [3.63, 3.8) is 0 Å². The van der Waals surface area contributed by atoms with E-state index in [1.165, 1.54) is 29.9 Å². The number of aromatic hydroxyl groups is 1. The number of aromatic nitrogens is 1. The Kier molecular flexibility index (Phi) is 4.66. The second-order valence-corrected chi connectivity index (χ2v) is 6.89. The number of methoxy groups -OCH3 is 1. The molecular formula is C15H11N3O6S2. The molecule has 0 unspecified atom stereocenters. The third-order valence-electron chi connectivity index (χ3n) is 3.76. The number of nitro groups is 1. The molecule has 1 N–H and O–H groups in total. The number of fused-ring (bicyclic) bond motifs is 1. The maximum Gasteiger partial charge on any atom is 0.307 e. The molecule has 0 aliphatic carbocycles. The van der Waals surface area contributed by atoms with Crippen LogP contribution in [0.4, 0.5) is 5.69 Å². The van der Waals surface area contributed by atoms with Crippen LogP contribution in [0.3, 0.4) is 0 Å². The zero-order valence-electron chi connectivity index (χ0n) is 13.3. The number of carbonyl (C=O) groups excluding carboxylic acids is 2. The lowest BCUT2D eigenvalue weighted by Crippen LogP contribution is -2.23. The van der Waals surface area contributed by atoms with E-state index in [2.05, 4.69) is 9.73 Å². The number of carbonyl (C=O) groups is 2. The van der Waals surface area contributed by atoms with Gasteiger partial charge >= 0.3 is 5.97 Å². The number of nitrogens with zero attached hydrogens (tertiary/aromatic N) is 3. The van der Waals surface area contributed by atoms with Crippen LogP contribution in [0.25, 0.3) is 5.57 Å². The monoisotopic (exact) mass is 393 g/mol. The van der Waals surface area contributed by atoms with Crippen molar-refractivity contribution >= 4 is 46.7 Å². The van der Waals surface area contributed by atoms with Crippen LogP contribution < -0.4 is 10.6 Å². The number of amides is 1. The molecule has 1 aromatic heterocycles. The molecule has 1 aliphatic rings. The lowest BCUT2D eigenvalue weighted by atomic mass is 10.1. The van der Waals surface area contributed by atoms with E-state index in [1.54, 1.807) is 0 Å². The molecule has 0 radical (unpaired) electrons. The van der Waals surface area contributed by atoms with Crippen LogP contribution in [0, 0.1) is 14.1 Å². The van der Waals surface area contributed by atoms with Gasteiger partial charge in [0, 0.05) is 23.9 Å². The van der Waals surface area contributed by atoms with Gasteiger partial charge in [-0.1, -0.05) is 0 Å². The molecule has 1 aliphatic heterocycles. The van der Waals surface area contributed by atoms with Gasteiger partial charge in [0.25, 0.3) is 11.6 Å². The van der Waals surface area contributed by atoms with Gasteiger partial charge in [0.15, 0.2) is 3.95 Å². The normalized spacial score (nSPS) is 12.7. The number of benzene rings is 1. The first-order valence-electron chi connectivity index (χ1n) is 7.25. The summed E-state index contributed by atoms with van der Waals surface area (Å²) in [5.74, 6) is -1.38. The zero-order chi connectivity index (χ0) is 19.0. The molecule has 9 nitrogen and oxygen atoms in total. The molecule has 0 bridgehead atoms. The van der Waals surface area contributed by atoms with Crippen molar-refractivity contribution in [3.05, 3.63) is 47.7 Å². The highest BCUT2D eigenvalue weighted by atomic mass is 32.1. The van der Waals surface area contributed by atoms with Crippen LogP contribution in [0.5, 0.6) is 5.88 Å². The summed E-state index contributed by atoms with van der Waals surface area (Å²) in [6.45, 7) is 0.0776. The summed E-state index contributed by atoms with van der Waals surface area (Å²) in [7, 11) is 1.25. The van der Waals surface area contributed by atoms with E-state index in [-0.39, 0.29) is 49.5 Å². The first kappa shape index (κ1) is 17.9. The van der Waals surface area contributed by atoms with Crippen LogP contribution in [-0.4, -0.2) is 33.6 Å². The Labute approximate surface area is 154 Å². The number of hydrogen-bond donors (Lipinski definition) is 1. The number of non-ortho nitro benzene ring substituents is 1. The highest BCUT2D eigenvalue weighted by molar-refractivity contribution is 7.73. The third kappa shape index (κ3) is 3.02. The summed E-state index contributed by atoms with van der Waals surface area (Å²) < 4.78 is 6.11. The van der Waals surface area contributed by atoms with E-state index >= 15 is 0 Å². The molecule has 1 aromatic carbocycles. The van der Waals surface area contributed by atoms with E-state index < -0.39 is 16.8 Å². The molecule has 2 aromatic rings. The Morgan fingerprint density at radius 2 is 2.23 bits per heavy atom. The number of rotatable bonds is 5. The fraction of sp³-hybridized carbons (Fsp3) is 0.200. The molecular weight excluding hydrogens is 382 g/mol. The number of hydrogen-bond acceptors (Lipinski definition) is 8. The third-order valence-corrected chi connectivity index (χ3v) is 5.22. The highest BCUT2D eigenvalue weighted by Gasteiger charge is 2.26. The maximum absolute atomic E-state index is 12.3. The standard InChI is InChI=1S/C15H11N3O6S2/c1-24-10(19)4-5-17-14(21)12(26-15(17)25)11-8-6-7(18(22)23)2-3-9(8)16-13(11)20/h2-3,6,21H,4-5H2,1H3. The largest absolute Gasteiger partial charge is 0.493 e. The number of ether oxygens (including phenoxy) is 1. The van der Waals surface area contributed by atoms with Gasteiger partial charge in [0.2, 0.25) is 5.88 Å². The van der Waals surface area contributed by atoms with Crippen molar-refractivity contribution < 1.29 is 24.4 Å². The number of thiazole rings is 1. The molecule has 3 rings (SSSR count). The Hall–Kier alpha value is -2.92. The quantitative estimate of drug-likeness (QED) is 0.345. The average molecular weight is 393 g/mol. The predicted octanol–water partition coefficient (Wildman–Crippen LogP) is 0.815. The first-order chi connectivity index (χ1) is 12.3. The Morgan fingerprint density at radius 3 is 2.88 bits per heavy atom. The molecule has 1 amide bonds. The van der Waals surface area contributed by atoms with E-state index in [1.807, 2.05) is 0 Å². The smallest absolute Gasteiger partial charge is 0.307 e. The summed E-state index contributed by atoms with van der Waals surface area (Å²) in [6, 6.07) is 3.87.